The Morgan fingerprint density at radius 2 is 1.79 bits per heavy atom. The van der Waals surface area contributed by atoms with E-state index in [4.69, 9.17) is 4.42 Å². The van der Waals surface area contributed by atoms with Crippen molar-refractivity contribution < 1.29 is 9.52 Å². The maximum Gasteiger partial charge on any atom is 0.182 e. The highest BCUT2D eigenvalue weighted by Gasteiger charge is 2.23. The molecular weight excluding hydrogens is 348 g/mol. The molecule has 1 saturated carbocycles. The van der Waals surface area contributed by atoms with Crippen molar-refractivity contribution in [2.45, 2.75) is 32.3 Å². The van der Waals surface area contributed by atoms with Gasteiger partial charge in [0.15, 0.2) is 5.43 Å². The molecule has 0 unspecified atom stereocenters. The van der Waals surface area contributed by atoms with Gasteiger partial charge < -0.3 is 9.52 Å². The molecule has 2 aromatic carbocycles. The van der Waals surface area contributed by atoms with Crippen LogP contribution in [0.25, 0.3) is 33.4 Å². The van der Waals surface area contributed by atoms with Crippen LogP contribution in [0.1, 0.15) is 30.4 Å². The van der Waals surface area contributed by atoms with E-state index in [1.54, 1.807) is 12.1 Å². The highest BCUT2D eigenvalue weighted by Crippen LogP contribution is 2.42. The van der Waals surface area contributed by atoms with E-state index in [-0.39, 0.29) is 12.0 Å². The number of aliphatic hydroxyl groups is 1. The van der Waals surface area contributed by atoms with Crippen molar-refractivity contribution in [2.24, 2.45) is 5.92 Å². The van der Waals surface area contributed by atoms with Crippen molar-refractivity contribution in [3.8, 4) is 22.5 Å². The number of aliphatic hydroxyl groups excluding tert-OH is 1. The first kappa shape index (κ1) is 17.2. The third-order valence-corrected chi connectivity index (χ3v) is 5.74. The second-order valence-electron chi connectivity index (χ2n) is 7.76. The second kappa shape index (κ2) is 6.92. The molecule has 2 aromatic rings. The van der Waals surface area contributed by atoms with E-state index >= 15 is 0 Å². The van der Waals surface area contributed by atoms with Gasteiger partial charge in [-0.05, 0) is 53.6 Å². The zero-order valence-corrected chi connectivity index (χ0v) is 15.7. The van der Waals surface area contributed by atoms with Gasteiger partial charge >= 0.3 is 0 Å². The molecule has 1 N–H and O–H groups in total. The summed E-state index contributed by atoms with van der Waals surface area (Å²) in [6.07, 6.45) is 4.84. The van der Waals surface area contributed by atoms with Gasteiger partial charge in [0, 0.05) is 22.6 Å². The molecule has 0 spiro atoms. The molecule has 3 aliphatic rings. The number of hydrogen-bond donors (Lipinski definition) is 1. The molecular formula is C25H22O3. The summed E-state index contributed by atoms with van der Waals surface area (Å²) in [4.78, 5) is 11.9. The lowest BCUT2D eigenvalue weighted by Gasteiger charge is -2.18. The van der Waals surface area contributed by atoms with E-state index in [1.165, 1.54) is 24.8 Å². The SMILES string of the molecule is O=c1ccc2c(-c3ccc(CO)cc3CCC3CC3)c3ccccc3oc-2c1. The number of fused-ring (bicyclic) bond motifs is 2. The topological polar surface area (TPSA) is 50.4 Å². The normalized spacial score (nSPS) is 14.0. The van der Waals surface area contributed by atoms with Crippen LogP contribution in [0.3, 0.4) is 0 Å². The minimum Gasteiger partial charge on any atom is -0.456 e. The molecule has 0 atom stereocenters. The number of benzene rings is 3. The van der Waals surface area contributed by atoms with Crippen LogP contribution in [0.2, 0.25) is 0 Å². The summed E-state index contributed by atoms with van der Waals surface area (Å²) in [5.74, 6) is 1.45. The molecule has 2 aliphatic carbocycles. The van der Waals surface area contributed by atoms with Crippen LogP contribution in [0.4, 0.5) is 0 Å². The van der Waals surface area contributed by atoms with Crippen molar-refractivity contribution in [2.75, 3.05) is 0 Å². The lowest BCUT2D eigenvalue weighted by Crippen LogP contribution is -2.01. The predicted molar refractivity (Wildman–Crippen MR) is 112 cm³/mol. The van der Waals surface area contributed by atoms with Gasteiger partial charge in [0.2, 0.25) is 0 Å². The average molecular weight is 370 g/mol. The van der Waals surface area contributed by atoms with Crippen LogP contribution < -0.4 is 5.43 Å². The smallest absolute Gasteiger partial charge is 0.182 e. The van der Waals surface area contributed by atoms with Gasteiger partial charge in [0.1, 0.15) is 11.3 Å². The van der Waals surface area contributed by atoms with Gasteiger partial charge in [-0.15, -0.1) is 0 Å². The average Bonchev–Trinajstić information content (AvgIpc) is 3.55. The fourth-order valence-electron chi connectivity index (χ4n) is 4.07. The van der Waals surface area contributed by atoms with Gasteiger partial charge in [0.05, 0.1) is 6.61 Å². The van der Waals surface area contributed by atoms with E-state index in [0.29, 0.717) is 5.76 Å². The quantitative estimate of drug-likeness (QED) is 0.479. The summed E-state index contributed by atoms with van der Waals surface area (Å²) in [6, 6.07) is 19.2. The van der Waals surface area contributed by atoms with Crippen LogP contribution in [0.5, 0.6) is 0 Å². The van der Waals surface area contributed by atoms with E-state index in [1.807, 2.05) is 30.3 Å². The molecule has 0 saturated heterocycles. The van der Waals surface area contributed by atoms with E-state index in [0.717, 1.165) is 45.6 Å². The number of hydrogen-bond acceptors (Lipinski definition) is 3. The van der Waals surface area contributed by atoms with Crippen LogP contribution in [-0.2, 0) is 13.0 Å². The van der Waals surface area contributed by atoms with Crippen molar-refractivity contribution in [1.29, 1.82) is 0 Å². The fraction of sp³-hybridized carbons (Fsp3) is 0.240. The van der Waals surface area contributed by atoms with Crippen molar-refractivity contribution >= 4 is 11.0 Å². The zero-order valence-electron chi connectivity index (χ0n) is 15.7. The third-order valence-electron chi connectivity index (χ3n) is 5.74. The summed E-state index contributed by atoms with van der Waals surface area (Å²) in [5.41, 5.74) is 6.12. The van der Waals surface area contributed by atoms with Crippen LogP contribution in [0, 0.1) is 5.92 Å². The molecule has 0 radical (unpaired) electrons. The molecule has 5 rings (SSSR count). The van der Waals surface area contributed by atoms with Crippen LogP contribution in [0.15, 0.2) is 69.9 Å². The maximum atomic E-state index is 11.9. The standard InChI is InChI=1S/C25H22O3/c26-15-17-8-11-20(18(13-17)9-7-16-5-6-16)25-21-3-1-2-4-23(21)28-24-14-19(27)10-12-22(24)25/h1-4,8,10-14,16,26H,5-7,9,15H2. The van der Waals surface area contributed by atoms with E-state index < -0.39 is 0 Å². The molecule has 28 heavy (non-hydrogen) atoms. The Morgan fingerprint density at radius 3 is 2.61 bits per heavy atom. The Bertz CT molecular complexity index is 1180. The Balaban J connectivity index is 1.78. The molecule has 3 heteroatoms. The fourth-order valence-corrected chi connectivity index (χ4v) is 4.07. The van der Waals surface area contributed by atoms with Gasteiger partial charge in [-0.1, -0.05) is 49.2 Å². The molecule has 3 nitrogen and oxygen atoms in total. The largest absolute Gasteiger partial charge is 0.456 e. The highest BCUT2D eigenvalue weighted by atomic mass is 16.3. The molecule has 1 fully saturated rings. The maximum absolute atomic E-state index is 11.9. The Kier molecular flexibility index (Phi) is 4.25. The molecule has 1 heterocycles. The minimum atomic E-state index is -0.0536. The Hall–Kier alpha value is -2.91. The van der Waals surface area contributed by atoms with Crippen molar-refractivity contribution in [3.05, 3.63) is 82.0 Å². The summed E-state index contributed by atoms with van der Waals surface area (Å²) < 4.78 is 6.04. The predicted octanol–water partition coefficient (Wildman–Crippen LogP) is 5.40. The first-order valence-corrected chi connectivity index (χ1v) is 9.91. The molecule has 0 amide bonds. The lowest BCUT2D eigenvalue weighted by molar-refractivity contribution is 0.281. The Morgan fingerprint density at radius 1 is 0.964 bits per heavy atom. The third kappa shape index (κ3) is 3.12. The monoisotopic (exact) mass is 370 g/mol. The summed E-state index contributed by atoms with van der Waals surface area (Å²) >= 11 is 0. The summed E-state index contributed by atoms with van der Waals surface area (Å²) in [7, 11) is 0. The van der Waals surface area contributed by atoms with Crippen LogP contribution in [-0.4, -0.2) is 5.11 Å². The minimum absolute atomic E-state index is 0.0435. The summed E-state index contributed by atoms with van der Waals surface area (Å²) in [5, 5.41) is 10.7. The van der Waals surface area contributed by atoms with Crippen molar-refractivity contribution in [3.63, 3.8) is 0 Å². The Labute approximate surface area is 163 Å². The molecule has 1 aliphatic heterocycles. The van der Waals surface area contributed by atoms with Gasteiger partial charge in [-0.25, -0.2) is 0 Å². The van der Waals surface area contributed by atoms with Gasteiger partial charge in [0.25, 0.3) is 0 Å². The van der Waals surface area contributed by atoms with Gasteiger partial charge in [-0.2, -0.15) is 0 Å². The summed E-state index contributed by atoms with van der Waals surface area (Å²) in [6.45, 7) is 0.0435. The second-order valence-corrected chi connectivity index (χ2v) is 7.76. The number of rotatable bonds is 5. The van der Waals surface area contributed by atoms with Crippen molar-refractivity contribution in [1.82, 2.24) is 0 Å². The molecule has 0 bridgehead atoms. The van der Waals surface area contributed by atoms with Crippen LogP contribution >= 0.6 is 0 Å². The number of para-hydroxylation sites is 1. The zero-order chi connectivity index (χ0) is 19.1. The number of aryl methyl sites for hydroxylation is 1. The highest BCUT2D eigenvalue weighted by molar-refractivity contribution is 6.02. The van der Waals surface area contributed by atoms with E-state index in [2.05, 4.69) is 18.2 Å². The first-order chi connectivity index (χ1) is 13.7. The van der Waals surface area contributed by atoms with Gasteiger partial charge in [-0.3, -0.25) is 4.79 Å². The molecule has 140 valence electrons. The first-order valence-electron chi connectivity index (χ1n) is 9.91. The van der Waals surface area contributed by atoms with E-state index in [9.17, 15) is 9.90 Å². The lowest BCUT2D eigenvalue weighted by atomic mass is 9.88. The molecule has 0 aromatic heterocycles.